The van der Waals surface area contributed by atoms with Gasteiger partial charge in [-0.05, 0) is 36.9 Å². The molecule has 2 N–H and O–H groups in total. The summed E-state index contributed by atoms with van der Waals surface area (Å²) in [6.07, 6.45) is 1.26. The van der Waals surface area contributed by atoms with Crippen LogP contribution in [-0.2, 0) is 0 Å². The van der Waals surface area contributed by atoms with Crippen molar-refractivity contribution in [3.05, 3.63) is 35.5 Å². The van der Waals surface area contributed by atoms with Crippen LogP contribution in [0.25, 0.3) is 10.9 Å². The maximum atomic E-state index is 3.57. The van der Waals surface area contributed by atoms with Crippen molar-refractivity contribution >= 4 is 10.9 Å². The first kappa shape index (κ1) is 8.98. The number of hydrogen-bond donors (Lipinski definition) is 2. The van der Waals surface area contributed by atoms with Gasteiger partial charge < -0.3 is 10.3 Å². The number of hydrogen-bond acceptors (Lipinski definition) is 1. The summed E-state index contributed by atoms with van der Waals surface area (Å²) in [4.78, 5) is 3.57. The molecular weight excluding hydrogens is 184 g/mol. The fourth-order valence-corrected chi connectivity index (χ4v) is 2.47. The lowest BCUT2D eigenvalue weighted by molar-refractivity contribution is 0.743. The first-order chi connectivity index (χ1) is 7.34. The van der Waals surface area contributed by atoms with Gasteiger partial charge >= 0.3 is 0 Å². The summed E-state index contributed by atoms with van der Waals surface area (Å²) in [6.45, 7) is 4.43. The molecule has 1 aromatic carbocycles. The largest absolute Gasteiger partial charge is 0.358 e. The molecule has 3 rings (SSSR count). The molecule has 0 unspecified atom stereocenters. The van der Waals surface area contributed by atoms with Gasteiger partial charge in [-0.1, -0.05) is 18.2 Å². The van der Waals surface area contributed by atoms with Crippen LogP contribution >= 0.6 is 0 Å². The average molecular weight is 200 g/mol. The highest BCUT2D eigenvalue weighted by Gasteiger charge is 2.18. The number of aromatic amines is 1. The third-order valence-electron chi connectivity index (χ3n) is 3.39. The highest BCUT2D eigenvalue weighted by molar-refractivity contribution is 5.83. The lowest BCUT2D eigenvalue weighted by atomic mass is 10.1. The molecule has 1 aliphatic heterocycles. The van der Waals surface area contributed by atoms with Crippen LogP contribution in [0.1, 0.15) is 23.6 Å². The highest BCUT2D eigenvalue weighted by atomic mass is 14.9. The first-order valence-electron chi connectivity index (χ1n) is 5.63. The Labute approximate surface area is 89.7 Å². The zero-order valence-electron chi connectivity index (χ0n) is 9.01. The third-order valence-corrected chi connectivity index (χ3v) is 3.39. The Balaban J connectivity index is 2.09. The number of aryl methyl sites for hydroxylation is 1. The Kier molecular flexibility index (Phi) is 2.03. The molecule has 0 bridgehead atoms. The van der Waals surface area contributed by atoms with Gasteiger partial charge in [0.05, 0.1) is 0 Å². The van der Waals surface area contributed by atoms with E-state index in [1.54, 1.807) is 0 Å². The molecule has 0 aliphatic carbocycles. The van der Waals surface area contributed by atoms with Crippen LogP contribution < -0.4 is 5.32 Å². The van der Waals surface area contributed by atoms with Crippen molar-refractivity contribution in [1.29, 1.82) is 0 Å². The van der Waals surface area contributed by atoms with Gasteiger partial charge in [-0.25, -0.2) is 0 Å². The second-order valence-corrected chi connectivity index (χ2v) is 4.45. The Morgan fingerprint density at radius 1 is 1.33 bits per heavy atom. The molecule has 1 aliphatic rings. The topological polar surface area (TPSA) is 27.8 Å². The second kappa shape index (κ2) is 3.38. The van der Waals surface area contributed by atoms with Crippen molar-refractivity contribution in [2.75, 3.05) is 13.1 Å². The summed E-state index contributed by atoms with van der Waals surface area (Å²) >= 11 is 0. The summed E-state index contributed by atoms with van der Waals surface area (Å²) in [5.41, 5.74) is 4.04. The van der Waals surface area contributed by atoms with Crippen molar-refractivity contribution in [1.82, 2.24) is 10.3 Å². The Bertz CT molecular complexity index is 478. The molecule has 15 heavy (non-hydrogen) atoms. The van der Waals surface area contributed by atoms with Gasteiger partial charge in [0.2, 0.25) is 0 Å². The third kappa shape index (κ3) is 1.45. The van der Waals surface area contributed by atoms with E-state index in [0.717, 1.165) is 13.1 Å². The van der Waals surface area contributed by atoms with Crippen LogP contribution in [0.3, 0.4) is 0 Å². The predicted octanol–water partition coefficient (Wildman–Crippen LogP) is 2.55. The van der Waals surface area contributed by atoms with E-state index in [9.17, 15) is 0 Å². The maximum absolute atomic E-state index is 3.57. The quantitative estimate of drug-likeness (QED) is 0.727. The van der Waals surface area contributed by atoms with Gasteiger partial charge in [0, 0.05) is 23.7 Å². The van der Waals surface area contributed by atoms with Gasteiger partial charge in [-0.15, -0.1) is 0 Å². The summed E-state index contributed by atoms with van der Waals surface area (Å²) in [6, 6.07) is 8.78. The SMILES string of the molecule is Cc1cccc2cc([C@H]3CCNC3)[nH]c12. The zero-order valence-corrected chi connectivity index (χ0v) is 9.01. The molecule has 0 amide bonds. The van der Waals surface area contributed by atoms with Crippen molar-refractivity contribution in [2.45, 2.75) is 19.3 Å². The monoisotopic (exact) mass is 200 g/mol. The highest BCUT2D eigenvalue weighted by Crippen LogP contribution is 2.26. The summed E-state index contributed by atoms with van der Waals surface area (Å²) in [5, 5.41) is 4.75. The lowest BCUT2D eigenvalue weighted by Crippen LogP contribution is -2.07. The molecule has 0 saturated carbocycles. The molecule has 1 fully saturated rings. The standard InChI is InChI=1S/C13H16N2/c1-9-3-2-4-10-7-12(15-13(9)10)11-5-6-14-8-11/h2-4,7,11,14-15H,5-6,8H2,1H3/t11-/m0/s1. The smallest absolute Gasteiger partial charge is 0.0485 e. The van der Waals surface area contributed by atoms with Crippen LogP contribution in [0, 0.1) is 6.92 Å². The number of nitrogens with one attached hydrogen (secondary N) is 2. The maximum Gasteiger partial charge on any atom is 0.0485 e. The molecule has 0 radical (unpaired) electrons. The molecule has 2 aromatic rings. The zero-order chi connectivity index (χ0) is 10.3. The minimum atomic E-state index is 0.678. The minimum absolute atomic E-state index is 0.678. The van der Waals surface area contributed by atoms with E-state index in [1.165, 1.54) is 28.6 Å². The van der Waals surface area contributed by atoms with Crippen LogP contribution in [0.2, 0.25) is 0 Å². The van der Waals surface area contributed by atoms with E-state index in [4.69, 9.17) is 0 Å². The van der Waals surface area contributed by atoms with Crippen LogP contribution in [-0.4, -0.2) is 18.1 Å². The Hall–Kier alpha value is -1.28. The normalized spacial score (nSPS) is 21.3. The molecule has 0 spiro atoms. The van der Waals surface area contributed by atoms with Crippen LogP contribution in [0.4, 0.5) is 0 Å². The van der Waals surface area contributed by atoms with Crippen LogP contribution in [0.15, 0.2) is 24.3 Å². The van der Waals surface area contributed by atoms with Gasteiger partial charge in [-0.2, -0.15) is 0 Å². The number of H-pyrrole nitrogens is 1. The van der Waals surface area contributed by atoms with Crippen molar-refractivity contribution in [3.8, 4) is 0 Å². The number of benzene rings is 1. The number of rotatable bonds is 1. The van der Waals surface area contributed by atoms with E-state index < -0.39 is 0 Å². The van der Waals surface area contributed by atoms with E-state index in [-0.39, 0.29) is 0 Å². The van der Waals surface area contributed by atoms with E-state index in [0.29, 0.717) is 5.92 Å². The molecular formula is C13H16N2. The fraction of sp³-hybridized carbons (Fsp3) is 0.385. The average Bonchev–Trinajstić information content (AvgIpc) is 2.86. The minimum Gasteiger partial charge on any atom is -0.358 e. The molecule has 2 heteroatoms. The summed E-state index contributed by atoms with van der Waals surface area (Å²) in [5.74, 6) is 0.678. The van der Waals surface area contributed by atoms with Gasteiger partial charge in [0.1, 0.15) is 0 Å². The van der Waals surface area contributed by atoms with Gasteiger partial charge in [0.15, 0.2) is 0 Å². The molecule has 1 saturated heterocycles. The number of para-hydroxylation sites is 1. The molecule has 1 atom stereocenters. The van der Waals surface area contributed by atoms with Crippen LogP contribution in [0.5, 0.6) is 0 Å². The Morgan fingerprint density at radius 3 is 3.00 bits per heavy atom. The van der Waals surface area contributed by atoms with E-state index in [2.05, 4.69) is 41.5 Å². The summed E-state index contributed by atoms with van der Waals surface area (Å²) in [7, 11) is 0. The van der Waals surface area contributed by atoms with Crippen molar-refractivity contribution < 1.29 is 0 Å². The first-order valence-corrected chi connectivity index (χ1v) is 5.63. The number of aromatic nitrogens is 1. The molecule has 78 valence electrons. The van der Waals surface area contributed by atoms with E-state index in [1.807, 2.05) is 0 Å². The van der Waals surface area contributed by atoms with Crippen molar-refractivity contribution in [3.63, 3.8) is 0 Å². The second-order valence-electron chi connectivity index (χ2n) is 4.45. The Morgan fingerprint density at radius 2 is 2.27 bits per heavy atom. The van der Waals surface area contributed by atoms with Crippen molar-refractivity contribution in [2.24, 2.45) is 0 Å². The molecule has 1 aromatic heterocycles. The predicted molar refractivity (Wildman–Crippen MR) is 63.3 cm³/mol. The fourth-order valence-electron chi connectivity index (χ4n) is 2.47. The summed E-state index contributed by atoms with van der Waals surface area (Å²) < 4.78 is 0. The molecule has 2 nitrogen and oxygen atoms in total. The lowest BCUT2D eigenvalue weighted by Gasteiger charge is -2.03. The van der Waals surface area contributed by atoms with E-state index >= 15 is 0 Å². The van der Waals surface area contributed by atoms with Gasteiger partial charge in [0.25, 0.3) is 0 Å². The molecule has 2 heterocycles. The number of fused-ring (bicyclic) bond motifs is 1. The van der Waals surface area contributed by atoms with Gasteiger partial charge in [-0.3, -0.25) is 0 Å².